The maximum absolute atomic E-state index is 5.60. The predicted molar refractivity (Wildman–Crippen MR) is 79.6 cm³/mol. The van der Waals surface area contributed by atoms with Gasteiger partial charge in [0.05, 0.1) is 0 Å². The summed E-state index contributed by atoms with van der Waals surface area (Å²) in [4.78, 5) is 0. The van der Waals surface area contributed by atoms with E-state index in [4.69, 9.17) is 4.74 Å². The number of para-hydroxylation sites is 2. The standard InChI is InChI=1S/C14H14INO/c15-13-8-4-5-9-14(13)16-10-11-17-12-6-2-1-3-7-12/h1-9,16H,10-11H2. The van der Waals surface area contributed by atoms with Gasteiger partial charge in [-0.1, -0.05) is 30.3 Å². The predicted octanol–water partition coefficient (Wildman–Crippen LogP) is 3.78. The van der Waals surface area contributed by atoms with Crippen molar-refractivity contribution in [2.45, 2.75) is 0 Å². The summed E-state index contributed by atoms with van der Waals surface area (Å²) in [6.07, 6.45) is 0. The van der Waals surface area contributed by atoms with Crippen LogP contribution in [0.25, 0.3) is 0 Å². The number of nitrogens with one attached hydrogen (secondary N) is 1. The van der Waals surface area contributed by atoms with Gasteiger partial charge in [-0.25, -0.2) is 0 Å². The zero-order chi connectivity index (χ0) is 11.9. The van der Waals surface area contributed by atoms with Crippen molar-refractivity contribution in [3.8, 4) is 5.75 Å². The molecule has 0 atom stereocenters. The van der Waals surface area contributed by atoms with E-state index < -0.39 is 0 Å². The Balaban J connectivity index is 1.76. The molecule has 0 aromatic heterocycles. The van der Waals surface area contributed by atoms with Crippen LogP contribution in [0.4, 0.5) is 5.69 Å². The van der Waals surface area contributed by atoms with E-state index in [2.05, 4.69) is 40.0 Å². The fraction of sp³-hybridized carbons (Fsp3) is 0.143. The van der Waals surface area contributed by atoms with Crippen molar-refractivity contribution < 1.29 is 4.74 Å². The minimum Gasteiger partial charge on any atom is -0.492 e. The highest BCUT2D eigenvalue weighted by atomic mass is 127. The van der Waals surface area contributed by atoms with E-state index in [-0.39, 0.29) is 0 Å². The van der Waals surface area contributed by atoms with Crippen molar-refractivity contribution >= 4 is 28.3 Å². The number of hydrogen-bond donors (Lipinski definition) is 1. The minimum absolute atomic E-state index is 0.662. The first kappa shape index (κ1) is 12.2. The normalized spacial score (nSPS) is 9.94. The molecule has 1 N–H and O–H groups in total. The Morgan fingerprint density at radius 1 is 0.941 bits per heavy atom. The topological polar surface area (TPSA) is 21.3 Å². The van der Waals surface area contributed by atoms with E-state index in [0.29, 0.717) is 6.61 Å². The zero-order valence-corrected chi connectivity index (χ0v) is 11.6. The number of halogens is 1. The molecule has 0 heterocycles. The molecule has 0 aliphatic rings. The molecule has 2 aromatic carbocycles. The number of benzene rings is 2. The molecule has 0 aliphatic carbocycles. The Labute approximate surface area is 115 Å². The van der Waals surface area contributed by atoms with Crippen LogP contribution in [0.15, 0.2) is 54.6 Å². The second kappa shape index (κ2) is 6.49. The van der Waals surface area contributed by atoms with Gasteiger partial charge in [0.2, 0.25) is 0 Å². The van der Waals surface area contributed by atoms with Gasteiger partial charge in [-0.05, 0) is 46.9 Å². The summed E-state index contributed by atoms with van der Waals surface area (Å²) in [5.74, 6) is 0.914. The van der Waals surface area contributed by atoms with Crippen LogP contribution in [0.1, 0.15) is 0 Å². The van der Waals surface area contributed by atoms with Crippen LogP contribution in [-0.2, 0) is 0 Å². The van der Waals surface area contributed by atoms with Gasteiger partial charge in [-0.2, -0.15) is 0 Å². The summed E-state index contributed by atoms with van der Waals surface area (Å²) >= 11 is 2.32. The van der Waals surface area contributed by atoms with Crippen molar-refractivity contribution in [2.75, 3.05) is 18.5 Å². The Hall–Kier alpha value is -1.23. The number of ether oxygens (including phenoxy) is 1. The highest BCUT2D eigenvalue weighted by Gasteiger charge is 1.96. The molecule has 3 heteroatoms. The van der Waals surface area contributed by atoms with Crippen LogP contribution >= 0.6 is 22.6 Å². The van der Waals surface area contributed by atoms with Crippen LogP contribution in [-0.4, -0.2) is 13.2 Å². The molecule has 0 amide bonds. The Morgan fingerprint density at radius 3 is 2.41 bits per heavy atom. The minimum atomic E-state index is 0.662. The Kier molecular flexibility index (Phi) is 4.67. The fourth-order valence-electron chi connectivity index (χ4n) is 1.48. The molecule has 17 heavy (non-hydrogen) atoms. The first-order chi connectivity index (χ1) is 8.36. The van der Waals surface area contributed by atoms with E-state index >= 15 is 0 Å². The summed E-state index contributed by atoms with van der Waals surface area (Å²) < 4.78 is 6.83. The third kappa shape index (κ3) is 3.93. The monoisotopic (exact) mass is 339 g/mol. The van der Waals surface area contributed by atoms with Crippen molar-refractivity contribution in [1.29, 1.82) is 0 Å². The van der Waals surface area contributed by atoms with Crippen LogP contribution in [0.3, 0.4) is 0 Å². The molecule has 2 rings (SSSR count). The van der Waals surface area contributed by atoms with Gasteiger partial charge in [0.15, 0.2) is 0 Å². The van der Waals surface area contributed by atoms with Crippen LogP contribution in [0.2, 0.25) is 0 Å². The lowest BCUT2D eigenvalue weighted by Crippen LogP contribution is -2.12. The summed E-state index contributed by atoms with van der Waals surface area (Å²) in [5, 5.41) is 3.35. The highest BCUT2D eigenvalue weighted by molar-refractivity contribution is 14.1. The first-order valence-electron chi connectivity index (χ1n) is 5.52. The molecular weight excluding hydrogens is 325 g/mol. The smallest absolute Gasteiger partial charge is 0.119 e. The molecule has 88 valence electrons. The molecule has 2 aromatic rings. The van der Waals surface area contributed by atoms with E-state index in [1.54, 1.807) is 0 Å². The van der Waals surface area contributed by atoms with E-state index in [1.165, 1.54) is 3.57 Å². The molecule has 0 spiro atoms. The average Bonchev–Trinajstić information content (AvgIpc) is 2.38. The van der Waals surface area contributed by atoms with Crippen LogP contribution in [0, 0.1) is 3.57 Å². The third-order valence-electron chi connectivity index (χ3n) is 2.30. The van der Waals surface area contributed by atoms with Crippen LogP contribution < -0.4 is 10.1 Å². The van der Waals surface area contributed by atoms with Gasteiger partial charge in [0.1, 0.15) is 12.4 Å². The van der Waals surface area contributed by atoms with E-state index in [9.17, 15) is 0 Å². The molecule has 0 bridgehead atoms. The van der Waals surface area contributed by atoms with Crippen molar-refractivity contribution in [1.82, 2.24) is 0 Å². The second-order valence-corrected chi connectivity index (χ2v) is 4.73. The maximum Gasteiger partial charge on any atom is 0.119 e. The summed E-state index contributed by atoms with van der Waals surface area (Å²) in [7, 11) is 0. The summed E-state index contributed by atoms with van der Waals surface area (Å²) in [5.41, 5.74) is 1.16. The third-order valence-corrected chi connectivity index (χ3v) is 3.24. The lowest BCUT2D eigenvalue weighted by atomic mass is 10.3. The molecule has 0 saturated carbocycles. The summed E-state index contributed by atoms with van der Waals surface area (Å²) in [6, 6.07) is 18.1. The lowest BCUT2D eigenvalue weighted by Gasteiger charge is -2.09. The number of hydrogen-bond acceptors (Lipinski definition) is 2. The first-order valence-corrected chi connectivity index (χ1v) is 6.60. The molecule has 0 aliphatic heterocycles. The van der Waals surface area contributed by atoms with Gasteiger partial charge in [0.25, 0.3) is 0 Å². The Morgan fingerprint density at radius 2 is 1.65 bits per heavy atom. The molecule has 2 nitrogen and oxygen atoms in total. The van der Waals surface area contributed by atoms with Gasteiger partial charge < -0.3 is 10.1 Å². The number of anilines is 1. The van der Waals surface area contributed by atoms with E-state index in [1.807, 2.05) is 42.5 Å². The molecular formula is C14H14INO. The maximum atomic E-state index is 5.60. The van der Waals surface area contributed by atoms with E-state index in [0.717, 1.165) is 18.0 Å². The number of rotatable bonds is 5. The van der Waals surface area contributed by atoms with Crippen molar-refractivity contribution in [2.24, 2.45) is 0 Å². The SMILES string of the molecule is Ic1ccccc1NCCOc1ccccc1. The van der Waals surface area contributed by atoms with Crippen molar-refractivity contribution in [3.05, 3.63) is 58.2 Å². The summed E-state index contributed by atoms with van der Waals surface area (Å²) in [6.45, 7) is 1.46. The quantitative estimate of drug-likeness (QED) is 0.661. The molecule has 0 saturated heterocycles. The van der Waals surface area contributed by atoms with Gasteiger partial charge in [-0.3, -0.25) is 0 Å². The molecule has 0 fully saturated rings. The Bertz CT molecular complexity index is 459. The average molecular weight is 339 g/mol. The second-order valence-electron chi connectivity index (χ2n) is 3.57. The highest BCUT2D eigenvalue weighted by Crippen LogP contribution is 2.16. The van der Waals surface area contributed by atoms with Gasteiger partial charge in [0, 0.05) is 15.8 Å². The fourth-order valence-corrected chi connectivity index (χ4v) is 2.05. The van der Waals surface area contributed by atoms with Crippen molar-refractivity contribution in [3.63, 3.8) is 0 Å². The molecule has 0 radical (unpaired) electrons. The van der Waals surface area contributed by atoms with Gasteiger partial charge >= 0.3 is 0 Å². The van der Waals surface area contributed by atoms with Crippen LogP contribution in [0.5, 0.6) is 5.75 Å². The van der Waals surface area contributed by atoms with Gasteiger partial charge in [-0.15, -0.1) is 0 Å². The zero-order valence-electron chi connectivity index (χ0n) is 9.40. The lowest BCUT2D eigenvalue weighted by molar-refractivity contribution is 0.333. The largest absolute Gasteiger partial charge is 0.492 e. The molecule has 0 unspecified atom stereocenters.